The van der Waals surface area contributed by atoms with Crippen LogP contribution in [-0.2, 0) is 0 Å². The van der Waals surface area contributed by atoms with Gasteiger partial charge in [-0.1, -0.05) is 26.2 Å². The highest BCUT2D eigenvalue weighted by molar-refractivity contribution is 4.81. The van der Waals surface area contributed by atoms with Crippen LogP contribution in [0.1, 0.15) is 46.0 Å². The van der Waals surface area contributed by atoms with E-state index in [9.17, 15) is 0 Å². The minimum atomic E-state index is 0.257. The molecule has 1 rings (SSSR count). The first-order chi connectivity index (χ1) is 6.27. The summed E-state index contributed by atoms with van der Waals surface area (Å²) in [6.07, 6.45) is 6.68. The van der Waals surface area contributed by atoms with Gasteiger partial charge in [-0.2, -0.15) is 0 Å². The van der Waals surface area contributed by atoms with E-state index in [2.05, 4.69) is 19.2 Å². The van der Waals surface area contributed by atoms with Crippen molar-refractivity contribution in [1.29, 1.82) is 0 Å². The lowest BCUT2D eigenvalue weighted by Gasteiger charge is -2.33. The van der Waals surface area contributed by atoms with Crippen LogP contribution in [0.15, 0.2) is 0 Å². The molecule has 0 unspecified atom stereocenters. The molecule has 2 N–H and O–H groups in total. The average Bonchev–Trinajstić information content (AvgIpc) is 2.18. The molecule has 0 aliphatic heterocycles. The highest BCUT2D eigenvalue weighted by atomic mass is 16.3. The molecule has 13 heavy (non-hydrogen) atoms. The van der Waals surface area contributed by atoms with Gasteiger partial charge in [-0.15, -0.1) is 0 Å². The maximum absolute atomic E-state index is 8.96. The van der Waals surface area contributed by atoms with Crippen molar-refractivity contribution in [3.63, 3.8) is 0 Å². The molecule has 1 aliphatic rings. The summed E-state index contributed by atoms with van der Waals surface area (Å²) < 4.78 is 0. The van der Waals surface area contributed by atoms with E-state index in [4.69, 9.17) is 5.11 Å². The summed E-state index contributed by atoms with van der Waals surface area (Å²) >= 11 is 0. The van der Waals surface area contributed by atoms with E-state index in [0.717, 1.165) is 5.92 Å². The summed E-state index contributed by atoms with van der Waals surface area (Å²) in [6.45, 7) is 4.59. The van der Waals surface area contributed by atoms with Crippen LogP contribution in [0.25, 0.3) is 0 Å². The largest absolute Gasteiger partial charge is 0.395 e. The highest BCUT2D eigenvalue weighted by Gasteiger charge is 2.24. The van der Waals surface area contributed by atoms with Gasteiger partial charge in [0.05, 0.1) is 6.61 Å². The van der Waals surface area contributed by atoms with Gasteiger partial charge in [0.25, 0.3) is 0 Å². The fourth-order valence-electron chi connectivity index (χ4n) is 2.33. The molecule has 2 heteroatoms. The summed E-state index contributed by atoms with van der Waals surface area (Å²) in [5.74, 6) is 0.836. The Morgan fingerprint density at radius 1 is 1.38 bits per heavy atom. The van der Waals surface area contributed by atoms with Gasteiger partial charge in [-0.05, 0) is 25.7 Å². The van der Waals surface area contributed by atoms with Crippen LogP contribution in [0.3, 0.4) is 0 Å². The van der Waals surface area contributed by atoms with Crippen molar-refractivity contribution in [3.8, 4) is 0 Å². The quantitative estimate of drug-likeness (QED) is 0.701. The summed E-state index contributed by atoms with van der Waals surface area (Å²) in [7, 11) is 0. The Kier molecular flexibility index (Phi) is 4.74. The lowest BCUT2D eigenvalue weighted by Crippen LogP contribution is -2.44. The third-order valence-corrected chi connectivity index (χ3v) is 3.21. The van der Waals surface area contributed by atoms with Gasteiger partial charge < -0.3 is 10.4 Å². The fourth-order valence-corrected chi connectivity index (χ4v) is 2.33. The maximum Gasteiger partial charge on any atom is 0.0582 e. The molecule has 1 fully saturated rings. The lowest BCUT2D eigenvalue weighted by atomic mass is 9.82. The van der Waals surface area contributed by atoms with E-state index in [0.29, 0.717) is 6.04 Å². The fraction of sp³-hybridized carbons (Fsp3) is 1.00. The molecule has 0 aromatic heterocycles. The minimum Gasteiger partial charge on any atom is -0.395 e. The van der Waals surface area contributed by atoms with E-state index in [1.165, 1.54) is 32.1 Å². The van der Waals surface area contributed by atoms with Crippen molar-refractivity contribution in [3.05, 3.63) is 0 Å². The second kappa shape index (κ2) is 5.61. The van der Waals surface area contributed by atoms with Crippen LogP contribution in [0.4, 0.5) is 0 Å². The molecule has 0 saturated heterocycles. The van der Waals surface area contributed by atoms with E-state index in [1.807, 2.05) is 0 Å². The van der Waals surface area contributed by atoms with Crippen LogP contribution in [0.5, 0.6) is 0 Å². The Morgan fingerprint density at radius 3 is 2.69 bits per heavy atom. The van der Waals surface area contributed by atoms with Crippen LogP contribution in [0, 0.1) is 5.92 Å². The molecule has 0 spiro atoms. The van der Waals surface area contributed by atoms with E-state index in [-0.39, 0.29) is 12.6 Å². The van der Waals surface area contributed by atoms with E-state index >= 15 is 0 Å². The number of aliphatic hydroxyl groups is 1. The molecule has 3 atom stereocenters. The van der Waals surface area contributed by atoms with Gasteiger partial charge in [0.15, 0.2) is 0 Å². The average molecular weight is 185 g/mol. The first-order valence-corrected chi connectivity index (χ1v) is 5.64. The summed E-state index contributed by atoms with van der Waals surface area (Å²) in [6, 6.07) is 0.915. The Morgan fingerprint density at radius 2 is 2.08 bits per heavy atom. The number of nitrogens with one attached hydrogen (secondary N) is 1. The molecule has 1 aliphatic carbocycles. The molecule has 0 heterocycles. The van der Waals surface area contributed by atoms with Crippen LogP contribution < -0.4 is 5.32 Å². The van der Waals surface area contributed by atoms with Gasteiger partial charge in [0.2, 0.25) is 0 Å². The third kappa shape index (κ3) is 3.28. The smallest absolute Gasteiger partial charge is 0.0582 e. The van der Waals surface area contributed by atoms with Crippen molar-refractivity contribution in [1.82, 2.24) is 5.32 Å². The van der Waals surface area contributed by atoms with Crippen molar-refractivity contribution in [2.24, 2.45) is 5.92 Å². The highest BCUT2D eigenvalue weighted by Crippen LogP contribution is 2.26. The van der Waals surface area contributed by atoms with Crippen molar-refractivity contribution >= 4 is 0 Å². The van der Waals surface area contributed by atoms with Gasteiger partial charge >= 0.3 is 0 Å². The normalized spacial score (nSPS) is 31.6. The second-order valence-corrected chi connectivity index (χ2v) is 4.31. The summed E-state index contributed by atoms with van der Waals surface area (Å²) in [5, 5.41) is 12.5. The van der Waals surface area contributed by atoms with Crippen molar-refractivity contribution in [2.75, 3.05) is 6.61 Å². The maximum atomic E-state index is 8.96. The number of hydrogen-bond acceptors (Lipinski definition) is 2. The van der Waals surface area contributed by atoms with Crippen LogP contribution in [-0.4, -0.2) is 23.8 Å². The molecule has 78 valence electrons. The predicted octanol–water partition coefficient (Wildman–Crippen LogP) is 1.93. The van der Waals surface area contributed by atoms with E-state index in [1.54, 1.807) is 0 Å². The molecular weight excluding hydrogens is 162 g/mol. The van der Waals surface area contributed by atoms with Gasteiger partial charge in [-0.25, -0.2) is 0 Å². The first-order valence-electron chi connectivity index (χ1n) is 5.64. The predicted molar refractivity (Wildman–Crippen MR) is 55.7 cm³/mol. The molecule has 0 amide bonds. The number of hydrogen-bond donors (Lipinski definition) is 2. The standard InChI is InChI=1S/C11H23NO/c1-3-10-6-4-5-7-11(10)12-9(2)8-13/h9-13H,3-8H2,1-2H3/t9-,10-,11+/m0/s1. The molecule has 2 nitrogen and oxygen atoms in total. The Balaban J connectivity index is 2.35. The molecular formula is C11H23NO. The van der Waals surface area contributed by atoms with E-state index < -0.39 is 0 Å². The van der Waals surface area contributed by atoms with Crippen LogP contribution in [0.2, 0.25) is 0 Å². The van der Waals surface area contributed by atoms with Crippen molar-refractivity contribution < 1.29 is 5.11 Å². The van der Waals surface area contributed by atoms with Gasteiger partial charge in [-0.3, -0.25) is 0 Å². The monoisotopic (exact) mass is 185 g/mol. The molecule has 0 bridgehead atoms. The minimum absolute atomic E-state index is 0.257. The molecule has 0 radical (unpaired) electrons. The Bertz CT molecular complexity index is 138. The topological polar surface area (TPSA) is 32.3 Å². The Labute approximate surface area is 81.7 Å². The lowest BCUT2D eigenvalue weighted by molar-refractivity contribution is 0.194. The molecule has 0 aromatic rings. The molecule has 0 aromatic carbocycles. The van der Waals surface area contributed by atoms with Crippen LogP contribution >= 0.6 is 0 Å². The SMILES string of the molecule is CC[C@H]1CCCC[C@H]1N[C@@H](C)CO. The third-order valence-electron chi connectivity index (χ3n) is 3.21. The van der Waals surface area contributed by atoms with Gasteiger partial charge in [0, 0.05) is 12.1 Å². The zero-order chi connectivity index (χ0) is 9.68. The Hall–Kier alpha value is -0.0800. The number of aliphatic hydroxyl groups excluding tert-OH is 1. The second-order valence-electron chi connectivity index (χ2n) is 4.31. The summed E-state index contributed by atoms with van der Waals surface area (Å²) in [4.78, 5) is 0. The van der Waals surface area contributed by atoms with Gasteiger partial charge in [0.1, 0.15) is 0 Å². The van der Waals surface area contributed by atoms with Crippen molar-refractivity contribution in [2.45, 2.75) is 58.0 Å². The molecule has 1 saturated carbocycles. The zero-order valence-corrected chi connectivity index (χ0v) is 8.92. The first kappa shape index (κ1) is 11.0. The summed E-state index contributed by atoms with van der Waals surface area (Å²) in [5.41, 5.74) is 0. The zero-order valence-electron chi connectivity index (χ0n) is 8.92. The number of rotatable bonds is 4.